The maximum atomic E-state index is 12.1. The first kappa shape index (κ1) is 18.9. The molecule has 0 radical (unpaired) electrons. The maximum Gasteiger partial charge on any atom is 0.271 e. The minimum absolute atomic E-state index is 0.0751. The molecule has 128 valence electrons. The predicted octanol–water partition coefficient (Wildman–Crippen LogP) is 1.67. The summed E-state index contributed by atoms with van der Waals surface area (Å²) in [5, 5.41) is 13.6. The first-order valence-electron chi connectivity index (χ1n) is 6.99. The number of nitrogens with zero attached hydrogens (tertiary/aromatic N) is 2. The van der Waals surface area contributed by atoms with Crippen LogP contribution >= 0.6 is 0 Å². The Bertz CT molecular complexity index is 700. The summed E-state index contributed by atoms with van der Waals surface area (Å²) in [6.07, 6.45) is 1.62. The molecule has 23 heavy (non-hydrogen) atoms. The fraction of sp³-hybridized carbons (Fsp3) is 0.500. The summed E-state index contributed by atoms with van der Waals surface area (Å²) in [6.45, 7) is 5.10. The highest BCUT2D eigenvalue weighted by molar-refractivity contribution is 7.92. The lowest BCUT2D eigenvalue weighted by Gasteiger charge is -2.27. The average molecular weight is 343 g/mol. The zero-order valence-corrected chi connectivity index (χ0v) is 14.4. The van der Waals surface area contributed by atoms with Crippen molar-refractivity contribution in [3.05, 3.63) is 34.4 Å². The molecule has 0 atom stereocenters. The Morgan fingerprint density at radius 3 is 2.48 bits per heavy atom. The van der Waals surface area contributed by atoms with Crippen LogP contribution in [0.4, 0.5) is 11.4 Å². The smallest absolute Gasteiger partial charge is 0.271 e. The number of carbonyl (C=O) groups excluding carboxylic acids is 1. The second kappa shape index (κ2) is 6.95. The molecule has 0 aliphatic heterocycles. The third-order valence-corrected chi connectivity index (χ3v) is 4.52. The summed E-state index contributed by atoms with van der Waals surface area (Å²) in [6, 6.07) is 5.16. The molecule has 1 aromatic rings. The third kappa shape index (κ3) is 5.51. The highest BCUT2D eigenvalue weighted by Gasteiger charge is 2.25. The quantitative estimate of drug-likeness (QED) is 0.598. The Labute approximate surface area is 135 Å². The van der Waals surface area contributed by atoms with Crippen molar-refractivity contribution in [2.24, 2.45) is 0 Å². The number of sulfonamides is 1. The number of nitrogens with one attached hydrogen (secondary N) is 1. The molecule has 0 fully saturated rings. The van der Waals surface area contributed by atoms with E-state index in [1.165, 1.54) is 18.2 Å². The SMILES string of the molecule is CCC(C)(C)NC(=O)CN(c1cccc([N+](=O)[O-])c1)S(C)(=O)=O. The summed E-state index contributed by atoms with van der Waals surface area (Å²) < 4.78 is 24.8. The van der Waals surface area contributed by atoms with E-state index < -0.39 is 32.9 Å². The van der Waals surface area contributed by atoms with E-state index in [1.54, 1.807) is 0 Å². The molecular weight excluding hydrogens is 322 g/mol. The number of nitro benzene ring substituents is 1. The normalized spacial score (nSPS) is 11.8. The Morgan fingerprint density at radius 2 is 2.00 bits per heavy atom. The molecule has 1 rings (SSSR count). The van der Waals surface area contributed by atoms with Crippen LogP contribution in [0.15, 0.2) is 24.3 Å². The number of non-ortho nitro benzene ring substituents is 1. The number of rotatable bonds is 7. The fourth-order valence-corrected chi connectivity index (χ4v) is 2.65. The minimum atomic E-state index is -3.77. The van der Waals surface area contributed by atoms with Gasteiger partial charge in [0.25, 0.3) is 5.69 Å². The van der Waals surface area contributed by atoms with Crippen LogP contribution in [0, 0.1) is 10.1 Å². The van der Waals surface area contributed by atoms with Gasteiger partial charge in [-0.2, -0.15) is 0 Å². The van der Waals surface area contributed by atoms with Gasteiger partial charge in [0.15, 0.2) is 0 Å². The predicted molar refractivity (Wildman–Crippen MR) is 87.8 cm³/mol. The number of anilines is 1. The van der Waals surface area contributed by atoms with Gasteiger partial charge in [-0.05, 0) is 26.3 Å². The summed E-state index contributed by atoms with van der Waals surface area (Å²) in [4.78, 5) is 22.3. The number of benzene rings is 1. The summed E-state index contributed by atoms with van der Waals surface area (Å²) in [5.74, 6) is -0.478. The second-order valence-electron chi connectivity index (χ2n) is 5.83. The minimum Gasteiger partial charge on any atom is -0.350 e. The largest absolute Gasteiger partial charge is 0.350 e. The first-order chi connectivity index (χ1) is 10.5. The van der Waals surface area contributed by atoms with Crippen molar-refractivity contribution >= 4 is 27.3 Å². The van der Waals surface area contributed by atoms with Crippen LogP contribution in [0.2, 0.25) is 0 Å². The van der Waals surface area contributed by atoms with Gasteiger partial charge in [0.05, 0.1) is 16.9 Å². The van der Waals surface area contributed by atoms with Crippen LogP contribution < -0.4 is 9.62 Å². The molecule has 0 aliphatic rings. The van der Waals surface area contributed by atoms with Crippen LogP contribution in [0.25, 0.3) is 0 Å². The molecule has 8 nitrogen and oxygen atoms in total. The van der Waals surface area contributed by atoms with Gasteiger partial charge in [-0.3, -0.25) is 19.2 Å². The molecular formula is C14H21N3O5S. The Kier molecular flexibility index (Phi) is 5.70. The Morgan fingerprint density at radius 1 is 1.39 bits per heavy atom. The highest BCUT2D eigenvalue weighted by atomic mass is 32.2. The monoisotopic (exact) mass is 343 g/mol. The molecule has 1 aromatic carbocycles. The molecule has 1 N–H and O–H groups in total. The van der Waals surface area contributed by atoms with E-state index in [1.807, 2.05) is 20.8 Å². The first-order valence-corrected chi connectivity index (χ1v) is 8.84. The van der Waals surface area contributed by atoms with E-state index in [-0.39, 0.29) is 11.4 Å². The molecule has 0 unspecified atom stereocenters. The molecule has 0 saturated carbocycles. The van der Waals surface area contributed by atoms with Crippen LogP contribution in [0.1, 0.15) is 27.2 Å². The van der Waals surface area contributed by atoms with Crippen molar-refractivity contribution in [3.8, 4) is 0 Å². The van der Waals surface area contributed by atoms with Crippen molar-refractivity contribution in [1.82, 2.24) is 5.32 Å². The lowest BCUT2D eigenvalue weighted by atomic mass is 10.0. The van der Waals surface area contributed by atoms with Crippen molar-refractivity contribution in [3.63, 3.8) is 0 Å². The highest BCUT2D eigenvalue weighted by Crippen LogP contribution is 2.23. The summed E-state index contributed by atoms with van der Waals surface area (Å²) >= 11 is 0. The fourth-order valence-electron chi connectivity index (χ4n) is 1.80. The molecule has 0 saturated heterocycles. The number of hydrogen-bond donors (Lipinski definition) is 1. The topological polar surface area (TPSA) is 110 Å². The van der Waals surface area contributed by atoms with E-state index in [9.17, 15) is 23.3 Å². The van der Waals surface area contributed by atoms with Gasteiger partial charge in [0, 0.05) is 17.7 Å². The van der Waals surface area contributed by atoms with Gasteiger partial charge in [-0.25, -0.2) is 8.42 Å². The third-order valence-electron chi connectivity index (χ3n) is 3.38. The molecule has 0 heterocycles. The molecule has 9 heteroatoms. The van der Waals surface area contributed by atoms with Crippen LogP contribution in [-0.2, 0) is 14.8 Å². The van der Waals surface area contributed by atoms with E-state index in [0.29, 0.717) is 6.42 Å². The Balaban J connectivity index is 3.10. The number of amides is 1. The van der Waals surface area contributed by atoms with Crippen molar-refractivity contribution in [2.75, 3.05) is 17.1 Å². The lowest BCUT2D eigenvalue weighted by molar-refractivity contribution is -0.384. The molecule has 0 spiro atoms. The molecule has 0 aromatic heterocycles. The van der Waals surface area contributed by atoms with Crippen molar-refractivity contribution in [2.45, 2.75) is 32.7 Å². The van der Waals surface area contributed by atoms with E-state index in [2.05, 4.69) is 5.32 Å². The van der Waals surface area contributed by atoms with Gasteiger partial charge < -0.3 is 5.32 Å². The van der Waals surface area contributed by atoms with E-state index in [4.69, 9.17) is 0 Å². The van der Waals surface area contributed by atoms with E-state index >= 15 is 0 Å². The maximum absolute atomic E-state index is 12.1. The van der Waals surface area contributed by atoms with Crippen LogP contribution in [-0.4, -0.2) is 37.6 Å². The van der Waals surface area contributed by atoms with Crippen LogP contribution in [0.3, 0.4) is 0 Å². The number of carbonyl (C=O) groups is 1. The number of nitro groups is 1. The summed E-state index contributed by atoms with van der Waals surface area (Å²) in [7, 11) is -3.77. The molecule has 0 aliphatic carbocycles. The second-order valence-corrected chi connectivity index (χ2v) is 7.74. The standard InChI is InChI=1S/C14H21N3O5S/c1-5-14(2,3)15-13(18)10-16(23(4,21)22)11-7-6-8-12(9-11)17(19)20/h6-9H,5,10H2,1-4H3,(H,15,18). The molecule has 0 bridgehead atoms. The average Bonchev–Trinajstić information content (AvgIpc) is 2.43. The van der Waals surface area contributed by atoms with Gasteiger partial charge in [0.1, 0.15) is 6.54 Å². The van der Waals surface area contributed by atoms with Crippen LogP contribution in [0.5, 0.6) is 0 Å². The van der Waals surface area contributed by atoms with Gasteiger partial charge >= 0.3 is 0 Å². The molecule has 1 amide bonds. The van der Waals surface area contributed by atoms with Gasteiger partial charge in [-0.15, -0.1) is 0 Å². The zero-order valence-electron chi connectivity index (χ0n) is 13.6. The Hall–Kier alpha value is -2.16. The summed E-state index contributed by atoms with van der Waals surface area (Å²) in [5.41, 5.74) is -0.639. The van der Waals surface area contributed by atoms with Crippen molar-refractivity contribution < 1.29 is 18.1 Å². The van der Waals surface area contributed by atoms with Gasteiger partial charge in [0.2, 0.25) is 15.9 Å². The van der Waals surface area contributed by atoms with E-state index in [0.717, 1.165) is 16.6 Å². The van der Waals surface area contributed by atoms with Crippen molar-refractivity contribution in [1.29, 1.82) is 0 Å². The zero-order chi connectivity index (χ0) is 17.8. The number of hydrogen-bond acceptors (Lipinski definition) is 5. The lowest BCUT2D eigenvalue weighted by Crippen LogP contribution is -2.48. The van der Waals surface area contributed by atoms with Gasteiger partial charge in [-0.1, -0.05) is 13.0 Å².